The zero-order chi connectivity index (χ0) is 13.8. The molecule has 1 heterocycles. The molecule has 2 fully saturated rings. The fraction of sp³-hybridized carbons (Fsp3) is 0.933. The third-order valence-corrected chi connectivity index (χ3v) is 4.39. The molecule has 2 aliphatic rings. The molecular weight excluding hydrogens is 238 g/mol. The third-order valence-electron chi connectivity index (χ3n) is 4.39. The van der Waals surface area contributed by atoms with E-state index in [0.717, 1.165) is 38.4 Å². The summed E-state index contributed by atoms with van der Waals surface area (Å²) >= 11 is 0. The largest absolute Gasteiger partial charge is 0.352 e. The van der Waals surface area contributed by atoms with Gasteiger partial charge >= 0.3 is 0 Å². The highest BCUT2D eigenvalue weighted by Crippen LogP contribution is 2.21. The first kappa shape index (κ1) is 14.8. The van der Waals surface area contributed by atoms with Gasteiger partial charge < -0.3 is 10.6 Å². The molecule has 4 nitrogen and oxygen atoms in total. The van der Waals surface area contributed by atoms with E-state index in [1.165, 1.54) is 12.8 Å². The molecule has 0 radical (unpaired) electrons. The standard InChI is InChI=1S/C15H29N3O/c1-11(2)18(10-13-6-8-16-9-7-13)12(3)15(19)17-14-4-5-14/h11-14,16H,4-10H2,1-3H3,(H,17,19). The summed E-state index contributed by atoms with van der Waals surface area (Å²) in [5.74, 6) is 0.949. The zero-order valence-corrected chi connectivity index (χ0v) is 12.6. The normalized spacial score (nSPS) is 22.8. The van der Waals surface area contributed by atoms with Crippen LogP contribution < -0.4 is 10.6 Å². The smallest absolute Gasteiger partial charge is 0.237 e. The van der Waals surface area contributed by atoms with Crippen LogP contribution in [0.25, 0.3) is 0 Å². The first-order valence-corrected chi connectivity index (χ1v) is 7.84. The van der Waals surface area contributed by atoms with Crippen LogP contribution in [0.2, 0.25) is 0 Å². The van der Waals surface area contributed by atoms with E-state index in [4.69, 9.17) is 0 Å². The topological polar surface area (TPSA) is 44.4 Å². The second kappa shape index (κ2) is 6.71. The van der Waals surface area contributed by atoms with Gasteiger partial charge in [0.2, 0.25) is 5.91 Å². The maximum atomic E-state index is 12.2. The summed E-state index contributed by atoms with van der Waals surface area (Å²) in [6.07, 6.45) is 4.79. The van der Waals surface area contributed by atoms with E-state index in [2.05, 4.69) is 36.3 Å². The molecule has 1 aliphatic heterocycles. The zero-order valence-electron chi connectivity index (χ0n) is 12.6. The number of carbonyl (C=O) groups is 1. The van der Waals surface area contributed by atoms with Crippen LogP contribution in [0.3, 0.4) is 0 Å². The molecular formula is C15H29N3O. The van der Waals surface area contributed by atoms with E-state index in [1.54, 1.807) is 0 Å². The van der Waals surface area contributed by atoms with Gasteiger partial charge in [-0.25, -0.2) is 0 Å². The van der Waals surface area contributed by atoms with Crippen LogP contribution in [0.4, 0.5) is 0 Å². The molecule has 1 saturated heterocycles. The van der Waals surface area contributed by atoms with E-state index in [-0.39, 0.29) is 11.9 Å². The van der Waals surface area contributed by atoms with Crippen molar-refractivity contribution < 1.29 is 4.79 Å². The summed E-state index contributed by atoms with van der Waals surface area (Å²) < 4.78 is 0. The summed E-state index contributed by atoms with van der Waals surface area (Å²) in [5.41, 5.74) is 0. The van der Waals surface area contributed by atoms with Crippen LogP contribution in [0.5, 0.6) is 0 Å². The van der Waals surface area contributed by atoms with Crippen molar-refractivity contribution in [2.24, 2.45) is 5.92 Å². The Bertz CT molecular complexity index is 296. The Morgan fingerprint density at radius 1 is 1.21 bits per heavy atom. The summed E-state index contributed by atoms with van der Waals surface area (Å²) in [6, 6.07) is 0.883. The van der Waals surface area contributed by atoms with Crippen LogP contribution in [-0.4, -0.2) is 48.6 Å². The molecule has 2 N–H and O–H groups in total. The Hall–Kier alpha value is -0.610. The van der Waals surface area contributed by atoms with Gasteiger partial charge in [0.1, 0.15) is 0 Å². The lowest BCUT2D eigenvalue weighted by Gasteiger charge is -2.36. The summed E-state index contributed by atoms with van der Waals surface area (Å²) in [6.45, 7) is 9.75. The van der Waals surface area contributed by atoms with E-state index >= 15 is 0 Å². The molecule has 0 bridgehead atoms. The number of nitrogens with zero attached hydrogens (tertiary/aromatic N) is 1. The Balaban J connectivity index is 1.87. The van der Waals surface area contributed by atoms with E-state index in [1.807, 2.05) is 0 Å². The summed E-state index contributed by atoms with van der Waals surface area (Å²) in [7, 11) is 0. The SMILES string of the molecule is CC(C)N(CC1CCNCC1)C(C)C(=O)NC1CC1. The minimum absolute atomic E-state index is 0.00418. The van der Waals surface area contributed by atoms with Gasteiger partial charge in [0.05, 0.1) is 6.04 Å². The molecule has 0 spiro atoms. The fourth-order valence-corrected chi connectivity index (χ4v) is 2.88. The maximum absolute atomic E-state index is 12.2. The molecule has 0 aromatic rings. The minimum atomic E-state index is -0.00418. The molecule has 19 heavy (non-hydrogen) atoms. The van der Waals surface area contributed by atoms with Crippen molar-refractivity contribution in [2.75, 3.05) is 19.6 Å². The summed E-state index contributed by atoms with van der Waals surface area (Å²) in [5, 5.41) is 6.54. The lowest BCUT2D eigenvalue weighted by atomic mass is 9.96. The molecule has 4 heteroatoms. The van der Waals surface area contributed by atoms with Gasteiger partial charge in [-0.2, -0.15) is 0 Å². The number of carbonyl (C=O) groups excluding carboxylic acids is 1. The van der Waals surface area contributed by atoms with Gasteiger partial charge in [0.15, 0.2) is 0 Å². The van der Waals surface area contributed by atoms with Crippen molar-refractivity contribution >= 4 is 5.91 Å². The minimum Gasteiger partial charge on any atom is -0.352 e. The van der Waals surface area contributed by atoms with Gasteiger partial charge in [-0.15, -0.1) is 0 Å². The van der Waals surface area contributed by atoms with Gasteiger partial charge in [0.25, 0.3) is 0 Å². The van der Waals surface area contributed by atoms with Gasteiger partial charge in [0, 0.05) is 18.6 Å². The van der Waals surface area contributed by atoms with E-state index in [0.29, 0.717) is 12.1 Å². The average Bonchev–Trinajstić information content (AvgIpc) is 3.20. The van der Waals surface area contributed by atoms with Crippen LogP contribution in [0, 0.1) is 5.92 Å². The number of hydrogen-bond acceptors (Lipinski definition) is 3. The van der Waals surface area contributed by atoms with Gasteiger partial charge in [-0.1, -0.05) is 0 Å². The Labute approximate surface area is 117 Å². The Kier molecular flexibility index (Phi) is 5.22. The number of amides is 1. The van der Waals surface area contributed by atoms with Gasteiger partial charge in [-0.3, -0.25) is 9.69 Å². The second-order valence-electron chi connectivity index (χ2n) is 6.44. The highest BCUT2D eigenvalue weighted by atomic mass is 16.2. The van der Waals surface area contributed by atoms with Crippen molar-refractivity contribution in [1.29, 1.82) is 0 Å². The first-order chi connectivity index (χ1) is 9.08. The van der Waals surface area contributed by atoms with Crippen molar-refractivity contribution in [1.82, 2.24) is 15.5 Å². The summed E-state index contributed by atoms with van der Waals surface area (Å²) in [4.78, 5) is 14.6. The predicted octanol–water partition coefficient (Wildman–Crippen LogP) is 1.36. The molecule has 1 aliphatic carbocycles. The van der Waals surface area contributed by atoms with Crippen LogP contribution >= 0.6 is 0 Å². The maximum Gasteiger partial charge on any atom is 0.237 e. The first-order valence-electron chi connectivity index (χ1n) is 7.84. The highest BCUT2D eigenvalue weighted by Gasteiger charge is 2.30. The van der Waals surface area contributed by atoms with Crippen LogP contribution in [0.15, 0.2) is 0 Å². The molecule has 0 aromatic heterocycles. The van der Waals surface area contributed by atoms with Crippen molar-refractivity contribution in [3.8, 4) is 0 Å². The van der Waals surface area contributed by atoms with Crippen LogP contribution in [-0.2, 0) is 4.79 Å². The average molecular weight is 267 g/mol. The lowest BCUT2D eigenvalue weighted by molar-refractivity contribution is -0.127. The third kappa shape index (κ3) is 4.46. The number of rotatable bonds is 6. The number of piperidine rings is 1. The molecule has 2 rings (SSSR count). The monoisotopic (exact) mass is 267 g/mol. The van der Waals surface area contributed by atoms with Crippen molar-refractivity contribution in [2.45, 2.75) is 64.6 Å². The van der Waals surface area contributed by atoms with Crippen molar-refractivity contribution in [3.05, 3.63) is 0 Å². The highest BCUT2D eigenvalue weighted by molar-refractivity contribution is 5.81. The fourth-order valence-electron chi connectivity index (χ4n) is 2.88. The quantitative estimate of drug-likeness (QED) is 0.764. The van der Waals surface area contributed by atoms with E-state index < -0.39 is 0 Å². The predicted molar refractivity (Wildman–Crippen MR) is 78.1 cm³/mol. The second-order valence-corrected chi connectivity index (χ2v) is 6.44. The molecule has 1 amide bonds. The molecule has 1 saturated carbocycles. The molecule has 1 atom stereocenters. The molecule has 110 valence electrons. The molecule has 1 unspecified atom stereocenters. The van der Waals surface area contributed by atoms with Crippen LogP contribution in [0.1, 0.15) is 46.5 Å². The van der Waals surface area contributed by atoms with Crippen molar-refractivity contribution in [3.63, 3.8) is 0 Å². The van der Waals surface area contributed by atoms with E-state index in [9.17, 15) is 4.79 Å². The van der Waals surface area contributed by atoms with Gasteiger partial charge in [-0.05, 0) is 65.5 Å². The number of hydrogen-bond donors (Lipinski definition) is 2. The lowest BCUT2D eigenvalue weighted by Crippen LogP contribution is -2.51. The Morgan fingerprint density at radius 3 is 2.37 bits per heavy atom. The molecule has 0 aromatic carbocycles. The Morgan fingerprint density at radius 2 is 1.84 bits per heavy atom. The number of nitrogens with one attached hydrogen (secondary N) is 2.